The first kappa shape index (κ1) is 35.0. The van der Waals surface area contributed by atoms with Gasteiger partial charge in [-0.1, -0.05) is 144 Å². The Morgan fingerprint density at radius 1 is 0.283 bits per heavy atom. The minimum Gasteiger partial charge on any atom is -0.311 e. The van der Waals surface area contributed by atoms with Crippen molar-refractivity contribution in [3.05, 3.63) is 214 Å². The van der Waals surface area contributed by atoms with Crippen LogP contribution in [-0.4, -0.2) is 0 Å². The van der Waals surface area contributed by atoms with Crippen molar-refractivity contribution in [3.8, 4) is 0 Å². The van der Waals surface area contributed by atoms with Crippen LogP contribution in [0.4, 0.5) is 34.1 Å². The number of anilines is 6. The highest BCUT2D eigenvalue weighted by Gasteiger charge is 2.15. The fourth-order valence-electron chi connectivity index (χ4n) is 6.58. The van der Waals surface area contributed by atoms with Crippen molar-refractivity contribution in [1.29, 1.82) is 0 Å². The summed E-state index contributed by atoms with van der Waals surface area (Å²) in [6.45, 7) is 10.7. The molecule has 0 aliphatic rings. The van der Waals surface area contributed by atoms with Gasteiger partial charge in [0, 0.05) is 34.1 Å². The molecule has 0 saturated carbocycles. The molecule has 0 saturated heterocycles. The van der Waals surface area contributed by atoms with E-state index in [9.17, 15) is 0 Å². The maximum absolute atomic E-state index is 2.34. The number of nitrogens with zero attached hydrogens (tertiary/aromatic N) is 2. The van der Waals surface area contributed by atoms with E-state index in [2.05, 4.69) is 233 Å². The molecule has 7 aromatic rings. The third-order valence-electron chi connectivity index (χ3n) is 9.65. The number of benzene rings is 7. The fourth-order valence-corrected chi connectivity index (χ4v) is 6.58. The normalized spacial score (nSPS) is 11.3. The van der Waals surface area contributed by atoms with E-state index in [1.807, 2.05) is 0 Å². The first-order valence-corrected chi connectivity index (χ1v) is 18.3. The number of hydrogen-bond acceptors (Lipinski definition) is 2. The van der Waals surface area contributed by atoms with E-state index in [-0.39, 0.29) is 0 Å². The van der Waals surface area contributed by atoms with E-state index < -0.39 is 0 Å². The van der Waals surface area contributed by atoms with E-state index in [0.29, 0.717) is 0 Å². The van der Waals surface area contributed by atoms with Crippen molar-refractivity contribution in [1.82, 2.24) is 0 Å². The van der Waals surface area contributed by atoms with E-state index in [1.165, 1.54) is 44.6 Å². The summed E-state index contributed by atoms with van der Waals surface area (Å²) >= 11 is 0. The van der Waals surface area contributed by atoms with Crippen LogP contribution < -0.4 is 9.80 Å². The number of rotatable bonds is 10. The molecule has 0 aromatic heterocycles. The standard InChI is InChI=1S/C51H46N2/c1-37-6-25-46(26-7-37)52(47-27-8-38(2)9-28-47)48-31-21-44(22-32-48)19-17-42-13-15-43(16-14-42)18-20-45-23-33-50(34-24-45)53(49-29-10-39(3)11-30-49)51-35-12-40(4)36-41(51)5/h6-36H,1-5H3. The minimum absolute atomic E-state index is 1.13. The molecular weight excluding hydrogens is 641 g/mol. The van der Waals surface area contributed by atoms with Gasteiger partial charge in [0.05, 0.1) is 0 Å². The molecule has 2 heteroatoms. The zero-order chi connectivity index (χ0) is 36.7. The highest BCUT2D eigenvalue weighted by atomic mass is 15.1. The Labute approximate surface area is 315 Å². The molecule has 7 aromatic carbocycles. The average Bonchev–Trinajstić information content (AvgIpc) is 3.18. The number of aryl methyl sites for hydroxylation is 5. The zero-order valence-electron chi connectivity index (χ0n) is 31.3. The molecule has 0 aliphatic carbocycles. The summed E-state index contributed by atoms with van der Waals surface area (Å²) in [6.07, 6.45) is 8.71. The summed E-state index contributed by atoms with van der Waals surface area (Å²) in [6, 6.07) is 59.1. The van der Waals surface area contributed by atoms with E-state index in [0.717, 1.165) is 39.6 Å². The lowest BCUT2D eigenvalue weighted by Crippen LogP contribution is -2.11. The second-order valence-corrected chi connectivity index (χ2v) is 14.0. The van der Waals surface area contributed by atoms with Crippen LogP contribution in [-0.2, 0) is 0 Å². The Bertz CT molecular complexity index is 2280. The van der Waals surface area contributed by atoms with Gasteiger partial charge in [0.2, 0.25) is 0 Å². The first-order chi connectivity index (χ1) is 25.8. The smallest absolute Gasteiger partial charge is 0.0490 e. The van der Waals surface area contributed by atoms with E-state index >= 15 is 0 Å². The van der Waals surface area contributed by atoms with Gasteiger partial charge in [-0.05, 0) is 129 Å². The second-order valence-electron chi connectivity index (χ2n) is 14.0. The molecule has 7 rings (SSSR count). The van der Waals surface area contributed by atoms with Gasteiger partial charge in [-0.25, -0.2) is 0 Å². The summed E-state index contributed by atoms with van der Waals surface area (Å²) in [5.74, 6) is 0. The number of hydrogen-bond donors (Lipinski definition) is 0. The lowest BCUT2D eigenvalue weighted by molar-refractivity contribution is 1.23. The Morgan fingerprint density at radius 2 is 0.547 bits per heavy atom. The van der Waals surface area contributed by atoms with Crippen molar-refractivity contribution in [2.45, 2.75) is 34.6 Å². The van der Waals surface area contributed by atoms with Gasteiger partial charge in [0.1, 0.15) is 0 Å². The van der Waals surface area contributed by atoms with Crippen LogP contribution in [0.15, 0.2) is 164 Å². The molecular formula is C51H46N2. The molecule has 0 atom stereocenters. The topological polar surface area (TPSA) is 6.48 Å². The van der Waals surface area contributed by atoms with Crippen LogP contribution in [0.25, 0.3) is 24.3 Å². The second kappa shape index (κ2) is 15.9. The molecule has 0 amide bonds. The van der Waals surface area contributed by atoms with Gasteiger partial charge in [-0.15, -0.1) is 0 Å². The van der Waals surface area contributed by atoms with Crippen molar-refractivity contribution in [2.75, 3.05) is 9.80 Å². The first-order valence-electron chi connectivity index (χ1n) is 18.3. The summed E-state index contributed by atoms with van der Waals surface area (Å²) in [7, 11) is 0. The summed E-state index contributed by atoms with van der Waals surface area (Å²) < 4.78 is 0. The van der Waals surface area contributed by atoms with Crippen LogP contribution >= 0.6 is 0 Å². The molecule has 0 unspecified atom stereocenters. The molecule has 0 bridgehead atoms. The average molecular weight is 687 g/mol. The summed E-state index contributed by atoms with van der Waals surface area (Å²) in [4.78, 5) is 4.65. The SMILES string of the molecule is Cc1ccc(N(c2ccc(C)cc2)c2ccc(C=Cc3ccc(C=Cc4ccc(N(c5ccc(C)cc5)c5ccc(C)cc5C)cc4)cc3)cc2)cc1. The van der Waals surface area contributed by atoms with Crippen LogP contribution in [0, 0.1) is 34.6 Å². The zero-order valence-corrected chi connectivity index (χ0v) is 31.3. The van der Waals surface area contributed by atoms with Gasteiger partial charge in [0.15, 0.2) is 0 Å². The Balaban J connectivity index is 1.03. The Hall–Kier alpha value is -6.38. The molecule has 53 heavy (non-hydrogen) atoms. The maximum Gasteiger partial charge on any atom is 0.0490 e. The van der Waals surface area contributed by atoms with Crippen molar-refractivity contribution >= 4 is 58.4 Å². The Kier molecular flexibility index (Phi) is 10.5. The van der Waals surface area contributed by atoms with E-state index in [4.69, 9.17) is 0 Å². The molecule has 0 fully saturated rings. The van der Waals surface area contributed by atoms with Crippen LogP contribution in [0.5, 0.6) is 0 Å². The van der Waals surface area contributed by atoms with Gasteiger partial charge in [-0.3, -0.25) is 0 Å². The van der Waals surface area contributed by atoms with Crippen molar-refractivity contribution < 1.29 is 0 Å². The van der Waals surface area contributed by atoms with Crippen LogP contribution in [0.2, 0.25) is 0 Å². The molecule has 0 N–H and O–H groups in total. The third kappa shape index (κ3) is 8.57. The quantitative estimate of drug-likeness (QED) is 0.132. The molecule has 0 heterocycles. The van der Waals surface area contributed by atoms with Gasteiger partial charge in [-0.2, -0.15) is 0 Å². The fraction of sp³-hybridized carbons (Fsp3) is 0.0980. The molecule has 2 nitrogen and oxygen atoms in total. The lowest BCUT2D eigenvalue weighted by Gasteiger charge is -2.27. The molecule has 0 spiro atoms. The molecule has 0 radical (unpaired) electrons. The highest BCUT2D eigenvalue weighted by molar-refractivity contribution is 5.81. The molecule has 0 aliphatic heterocycles. The monoisotopic (exact) mass is 686 g/mol. The molecule has 260 valence electrons. The largest absolute Gasteiger partial charge is 0.311 e. The van der Waals surface area contributed by atoms with Gasteiger partial charge < -0.3 is 9.80 Å². The van der Waals surface area contributed by atoms with Crippen molar-refractivity contribution in [2.24, 2.45) is 0 Å². The van der Waals surface area contributed by atoms with Crippen molar-refractivity contribution in [3.63, 3.8) is 0 Å². The lowest BCUT2D eigenvalue weighted by atomic mass is 10.1. The van der Waals surface area contributed by atoms with Gasteiger partial charge in [0.25, 0.3) is 0 Å². The third-order valence-corrected chi connectivity index (χ3v) is 9.65. The van der Waals surface area contributed by atoms with Crippen LogP contribution in [0.1, 0.15) is 50.1 Å². The Morgan fingerprint density at radius 3 is 0.868 bits per heavy atom. The minimum atomic E-state index is 1.13. The predicted molar refractivity (Wildman–Crippen MR) is 230 cm³/mol. The summed E-state index contributed by atoms with van der Waals surface area (Å²) in [5, 5.41) is 0. The van der Waals surface area contributed by atoms with E-state index in [1.54, 1.807) is 0 Å². The highest BCUT2D eigenvalue weighted by Crippen LogP contribution is 2.38. The maximum atomic E-state index is 2.34. The van der Waals surface area contributed by atoms with Crippen LogP contribution in [0.3, 0.4) is 0 Å². The summed E-state index contributed by atoms with van der Waals surface area (Å²) in [5.41, 5.74) is 17.8. The van der Waals surface area contributed by atoms with Gasteiger partial charge >= 0.3 is 0 Å². The predicted octanol–water partition coefficient (Wildman–Crippen LogP) is 14.5.